The molecule has 0 aromatic carbocycles. The van der Waals surface area contributed by atoms with E-state index in [0.29, 0.717) is 17.9 Å². The van der Waals surface area contributed by atoms with Gasteiger partial charge in [-0.1, -0.05) is 13.8 Å². The second kappa shape index (κ2) is 8.75. The molecule has 2 heterocycles. The Morgan fingerprint density at radius 2 is 1.92 bits per heavy atom. The highest BCUT2D eigenvalue weighted by Gasteiger charge is 2.20. The molecule has 0 radical (unpaired) electrons. The van der Waals surface area contributed by atoms with Crippen molar-refractivity contribution in [3.05, 3.63) is 27.6 Å². The summed E-state index contributed by atoms with van der Waals surface area (Å²) in [6.45, 7) is 7.18. The van der Waals surface area contributed by atoms with Crippen LogP contribution in [0.3, 0.4) is 0 Å². The summed E-state index contributed by atoms with van der Waals surface area (Å²) >= 11 is 1.21. The van der Waals surface area contributed by atoms with E-state index in [1.807, 2.05) is 13.8 Å². The summed E-state index contributed by atoms with van der Waals surface area (Å²) in [4.78, 5) is 43.7. The molecule has 8 heteroatoms. The number of carbonyl (C=O) groups is 2. The smallest absolute Gasteiger partial charge is 0.339 e. The Hall–Kier alpha value is -2.22. The molecule has 0 atom stereocenters. The second-order valence-electron chi connectivity index (χ2n) is 5.61. The lowest BCUT2D eigenvalue weighted by Gasteiger charge is -2.21. The van der Waals surface area contributed by atoms with Crippen LogP contribution in [0.15, 0.2) is 16.5 Å². The lowest BCUT2D eigenvalue weighted by atomic mass is 10.2. The molecule has 2 aromatic rings. The lowest BCUT2D eigenvalue weighted by Crippen LogP contribution is -2.37. The van der Waals surface area contributed by atoms with Crippen LogP contribution in [0, 0.1) is 0 Å². The fourth-order valence-electron chi connectivity index (χ4n) is 2.59. The van der Waals surface area contributed by atoms with Crippen LogP contribution in [0.4, 0.5) is 0 Å². The summed E-state index contributed by atoms with van der Waals surface area (Å²) in [5, 5.41) is 1.79. The number of rotatable bonds is 8. The van der Waals surface area contributed by atoms with E-state index in [1.165, 1.54) is 22.2 Å². The zero-order valence-electron chi connectivity index (χ0n) is 14.8. The van der Waals surface area contributed by atoms with Crippen molar-refractivity contribution in [2.24, 2.45) is 0 Å². The molecule has 0 saturated carbocycles. The van der Waals surface area contributed by atoms with Crippen molar-refractivity contribution in [2.75, 3.05) is 19.7 Å². The van der Waals surface area contributed by atoms with Gasteiger partial charge >= 0.3 is 5.97 Å². The van der Waals surface area contributed by atoms with Crippen LogP contribution in [0.5, 0.6) is 0 Å². The van der Waals surface area contributed by atoms with Gasteiger partial charge in [0.25, 0.3) is 5.56 Å². The standard InChI is InChI=1S/C17H23N3O4S/c1-4-7-19(8-5-2)13(21)9-20-11-18-15-14(16(20)22)12(10-25-15)17(23)24-6-3/h10-11H,4-9H2,1-3H3. The molecule has 0 unspecified atom stereocenters. The minimum atomic E-state index is -0.546. The van der Waals surface area contributed by atoms with E-state index < -0.39 is 11.5 Å². The summed E-state index contributed by atoms with van der Waals surface area (Å²) in [5.41, 5.74) is -0.185. The summed E-state index contributed by atoms with van der Waals surface area (Å²) in [7, 11) is 0. The average molecular weight is 365 g/mol. The number of hydrogen-bond acceptors (Lipinski definition) is 6. The molecule has 0 aliphatic rings. The molecule has 0 N–H and O–H groups in total. The third kappa shape index (κ3) is 4.25. The van der Waals surface area contributed by atoms with E-state index in [4.69, 9.17) is 4.74 Å². The first kappa shape index (κ1) is 19.1. The molecule has 2 rings (SSSR count). The van der Waals surface area contributed by atoms with Crippen molar-refractivity contribution in [3.63, 3.8) is 0 Å². The number of amides is 1. The zero-order chi connectivity index (χ0) is 18.4. The molecule has 0 bridgehead atoms. The number of ether oxygens (including phenoxy) is 1. The van der Waals surface area contributed by atoms with E-state index in [9.17, 15) is 14.4 Å². The fraction of sp³-hybridized carbons (Fsp3) is 0.529. The highest BCUT2D eigenvalue weighted by molar-refractivity contribution is 7.17. The molecule has 0 fully saturated rings. The third-order valence-electron chi connectivity index (χ3n) is 3.70. The zero-order valence-corrected chi connectivity index (χ0v) is 15.6. The molecule has 2 aromatic heterocycles. The van der Waals surface area contributed by atoms with Gasteiger partial charge in [0.05, 0.1) is 23.9 Å². The van der Waals surface area contributed by atoms with Gasteiger partial charge in [0.1, 0.15) is 11.4 Å². The largest absolute Gasteiger partial charge is 0.462 e. The maximum Gasteiger partial charge on any atom is 0.339 e. The quantitative estimate of drug-likeness (QED) is 0.671. The Balaban J connectivity index is 2.34. The van der Waals surface area contributed by atoms with Gasteiger partial charge in [-0.3, -0.25) is 14.2 Å². The summed E-state index contributed by atoms with van der Waals surface area (Å²) in [6, 6.07) is 0. The first-order valence-electron chi connectivity index (χ1n) is 8.44. The first-order valence-corrected chi connectivity index (χ1v) is 9.32. The molecule has 0 aliphatic carbocycles. The van der Waals surface area contributed by atoms with Crippen LogP contribution < -0.4 is 5.56 Å². The van der Waals surface area contributed by atoms with Crippen molar-refractivity contribution in [3.8, 4) is 0 Å². The Kier molecular flexibility index (Phi) is 6.69. The van der Waals surface area contributed by atoms with Gasteiger partial charge in [-0.2, -0.15) is 0 Å². The van der Waals surface area contributed by atoms with Crippen LogP contribution in [0.1, 0.15) is 44.0 Å². The number of aromatic nitrogens is 2. The summed E-state index contributed by atoms with van der Waals surface area (Å²) < 4.78 is 6.25. The topological polar surface area (TPSA) is 81.5 Å². The van der Waals surface area contributed by atoms with Gasteiger partial charge in [-0.05, 0) is 19.8 Å². The van der Waals surface area contributed by atoms with Crippen molar-refractivity contribution in [2.45, 2.75) is 40.2 Å². The number of thiophene rings is 1. The highest BCUT2D eigenvalue weighted by atomic mass is 32.1. The monoisotopic (exact) mass is 365 g/mol. The normalized spacial score (nSPS) is 10.8. The third-order valence-corrected chi connectivity index (χ3v) is 4.59. The first-order chi connectivity index (χ1) is 12.0. The molecular formula is C17H23N3O4S. The maximum atomic E-state index is 12.7. The summed E-state index contributed by atoms with van der Waals surface area (Å²) in [6.07, 6.45) is 3.08. The van der Waals surface area contributed by atoms with Crippen molar-refractivity contribution in [1.29, 1.82) is 0 Å². The van der Waals surface area contributed by atoms with Gasteiger partial charge in [0.2, 0.25) is 5.91 Å². The minimum Gasteiger partial charge on any atom is -0.462 e. The van der Waals surface area contributed by atoms with Gasteiger partial charge in [-0.25, -0.2) is 9.78 Å². The van der Waals surface area contributed by atoms with Gasteiger partial charge in [0, 0.05) is 18.5 Å². The number of nitrogens with zero attached hydrogens (tertiary/aromatic N) is 3. The van der Waals surface area contributed by atoms with Crippen LogP contribution >= 0.6 is 11.3 Å². The van der Waals surface area contributed by atoms with Crippen LogP contribution in [0.25, 0.3) is 10.2 Å². The molecule has 0 spiro atoms. The molecule has 1 amide bonds. The number of fused-ring (bicyclic) bond motifs is 1. The Labute approximate surface area is 150 Å². The summed E-state index contributed by atoms with van der Waals surface area (Å²) in [5.74, 6) is -0.671. The lowest BCUT2D eigenvalue weighted by molar-refractivity contribution is -0.132. The molecule has 7 nitrogen and oxygen atoms in total. The van der Waals surface area contributed by atoms with Gasteiger partial charge in [0.15, 0.2) is 0 Å². The van der Waals surface area contributed by atoms with Gasteiger partial charge in [-0.15, -0.1) is 11.3 Å². The molecule has 136 valence electrons. The number of esters is 1. The Bertz CT molecular complexity index is 806. The molecule has 0 saturated heterocycles. The van der Waals surface area contributed by atoms with Crippen molar-refractivity contribution < 1.29 is 14.3 Å². The average Bonchev–Trinajstić information content (AvgIpc) is 3.02. The maximum absolute atomic E-state index is 12.7. The second-order valence-corrected chi connectivity index (χ2v) is 6.47. The van der Waals surface area contributed by atoms with Crippen LogP contribution in [-0.4, -0.2) is 46.0 Å². The van der Waals surface area contributed by atoms with Crippen LogP contribution in [-0.2, 0) is 16.1 Å². The minimum absolute atomic E-state index is 0.0834. The van der Waals surface area contributed by atoms with E-state index in [0.717, 1.165) is 12.8 Å². The van der Waals surface area contributed by atoms with E-state index >= 15 is 0 Å². The van der Waals surface area contributed by atoms with E-state index in [1.54, 1.807) is 17.2 Å². The molecular weight excluding hydrogens is 342 g/mol. The Morgan fingerprint density at radius 3 is 2.52 bits per heavy atom. The highest BCUT2D eigenvalue weighted by Crippen LogP contribution is 2.21. The number of carbonyl (C=O) groups excluding carboxylic acids is 2. The molecule has 25 heavy (non-hydrogen) atoms. The predicted octanol–water partition coefficient (Wildman–Crippen LogP) is 2.28. The van der Waals surface area contributed by atoms with Crippen molar-refractivity contribution >= 4 is 33.4 Å². The van der Waals surface area contributed by atoms with E-state index in [2.05, 4.69) is 4.98 Å². The SMILES string of the molecule is CCCN(CCC)C(=O)Cn1cnc2scc(C(=O)OCC)c2c1=O. The van der Waals surface area contributed by atoms with Gasteiger partial charge < -0.3 is 9.64 Å². The predicted molar refractivity (Wildman–Crippen MR) is 97.0 cm³/mol. The fourth-order valence-corrected chi connectivity index (χ4v) is 3.45. The van der Waals surface area contributed by atoms with Crippen molar-refractivity contribution in [1.82, 2.24) is 14.5 Å². The number of hydrogen-bond donors (Lipinski definition) is 0. The van der Waals surface area contributed by atoms with Crippen LogP contribution in [0.2, 0.25) is 0 Å². The molecule has 0 aliphatic heterocycles. The Morgan fingerprint density at radius 1 is 1.24 bits per heavy atom. The van der Waals surface area contributed by atoms with E-state index in [-0.39, 0.29) is 30.0 Å².